The van der Waals surface area contributed by atoms with E-state index in [0.717, 1.165) is 44.9 Å². The van der Waals surface area contributed by atoms with Crippen LogP contribution in [0.3, 0.4) is 0 Å². The summed E-state index contributed by atoms with van der Waals surface area (Å²) in [5, 5.41) is 72.8. The van der Waals surface area contributed by atoms with Crippen molar-refractivity contribution in [1.29, 1.82) is 0 Å². The fourth-order valence-corrected chi connectivity index (χ4v) is 13.1. The molecule has 0 spiro atoms. The normalized spacial score (nSPS) is 53.4. The standard InChI is InChI=1S/C41H62O14/c1-36(2)23-9-11-40(6)24(8-7-20-21-17-38(4,35(50)51)14-13-37(21,3)15-16-39(20,40)5)41(23,19-42)12-10-25(36)53-34-31(28(46)27(45)30(54-34)32(48)49)55-33-29(47)26(44)22(43)18-52-33/h17,19-20,22-31,33-34,43-47H,7-16,18H2,1-6H3,(H,48,49)(H,50,51). The zero-order chi connectivity index (χ0) is 40.3. The third-order valence-corrected chi connectivity index (χ3v) is 16.9. The van der Waals surface area contributed by atoms with Gasteiger partial charge in [0.25, 0.3) is 0 Å². The van der Waals surface area contributed by atoms with Crippen molar-refractivity contribution in [2.45, 2.75) is 167 Å². The molecule has 4 saturated carbocycles. The monoisotopic (exact) mass is 778 g/mol. The van der Waals surface area contributed by atoms with E-state index in [1.54, 1.807) is 0 Å². The van der Waals surface area contributed by atoms with Crippen molar-refractivity contribution in [1.82, 2.24) is 0 Å². The third-order valence-electron chi connectivity index (χ3n) is 16.9. The van der Waals surface area contributed by atoms with Gasteiger partial charge in [0.15, 0.2) is 18.7 Å². The Morgan fingerprint density at radius 1 is 0.745 bits per heavy atom. The topological polar surface area (TPSA) is 230 Å². The smallest absolute Gasteiger partial charge is 0.335 e. The summed E-state index contributed by atoms with van der Waals surface area (Å²) in [6, 6.07) is 0. The molecule has 2 heterocycles. The van der Waals surface area contributed by atoms with Crippen LogP contribution < -0.4 is 0 Å². The fraction of sp³-hybridized carbons (Fsp3) is 0.878. The molecular formula is C41H62O14. The molecule has 7 N–H and O–H groups in total. The van der Waals surface area contributed by atoms with Crippen molar-refractivity contribution < 1.29 is 69.1 Å². The average Bonchev–Trinajstić information content (AvgIpc) is 3.12. The van der Waals surface area contributed by atoms with E-state index in [0.29, 0.717) is 19.3 Å². The molecule has 0 aromatic rings. The highest BCUT2D eigenvalue weighted by Gasteiger charge is 2.71. The Bertz CT molecular complexity index is 1570. The molecule has 0 radical (unpaired) electrons. The summed E-state index contributed by atoms with van der Waals surface area (Å²) in [4.78, 5) is 38.4. The number of carboxylic acid groups (broad SMARTS) is 2. The van der Waals surface area contributed by atoms with Crippen molar-refractivity contribution in [2.24, 2.45) is 50.2 Å². The van der Waals surface area contributed by atoms with Crippen LogP contribution in [0.25, 0.3) is 0 Å². The molecule has 7 aliphatic rings. The number of carboxylic acids is 2. The van der Waals surface area contributed by atoms with Gasteiger partial charge in [-0.2, -0.15) is 0 Å². The number of aliphatic hydroxyl groups excluding tert-OH is 5. The van der Waals surface area contributed by atoms with Crippen LogP contribution >= 0.6 is 0 Å². The van der Waals surface area contributed by atoms with Gasteiger partial charge in [-0.3, -0.25) is 4.79 Å². The number of hydrogen-bond acceptors (Lipinski definition) is 12. The maximum Gasteiger partial charge on any atom is 0.335 e. The summed E-state index contributed by atoms with van der Waals surface area (Å²) in [7, 11) is 0. The first kappa shape index (κ1) is 41.2. The summed E-state index contributed by atoms with van der Waals surface area (Å²) < 4.78 is 23.7. The fourth-order valence-electron chi connectivity index (χ4n) is 13.1. The zero-order valence-corrected chi connectivity index (χ0v) is 32.9. The Morgan fingerprint density at radius 2 is 1.44 bits per heavy atom. The minimum absolute atomic E-state index is 0.0342. The Balaban J connectivity index is 1.16. The number of aliphatic hydroxyl groups is 5. The van der Waals surface area contributed by atoms with Gasteiger partial charge in [-0.25, -0.2) is 4.79 Å². The van der Waals surface area contributed by atoms with Gasteiger partial charge in [0.05, 0.1) is 18.1 Å². The van der Waals surface area contributed by atoms with E-state index < -0.39 is 89.6 Å². The minimum atomic E-state index is -1.92. The van der Waals surface area contributed by atoms with Crippen LogP contribution in [-0.4, -0.2) is 122 Å². The van der Waals surface area contributed by atoms with Crippen LogP contribution in [-0.2, 0) is 33.3 Å². The number of carbonyl (C=O) groups is 3. The molecule has 0 bridgehead atoms. The van der Waals surface area contributed by atoms with Gasteiger partial charge in [0.2, 0.25) is 0 Å². The first-order chi connectivity index (χ1) is 25.6. The molecule has 18 unspecified atom stereocenters. The summed E-state index contributed by atoms with van der Waals surface area (Å²) in [5.74, 6) is -2.14. The number of ether oxygens (including phenoxy) is 4. The second kappa shape index (κ2) is 13.8. The molecule has 18 atom stereocenters. The first-order valence-electron chi connectivity index (χ1n) is 20.2. The Labute approximate surface area is 322 Å². The number of hydrogen-bond donors (Lipinski definition) is 7. The molecule has 6 fully saturated rings. The van der Waals surface area contributed by atoms with Crippen molar-refractivity contribution in [3.63, 3.8) is 0 Å². The van der Waals surface area contributed by atoms with E-state index in [1.165, 1.54) is 11.9 Å². The summed E-state index contributed by atoms with van der Waals surface area (Å²) >= 11 is 0. The van der Waals surface area contributed by atoms with Gasteiger partial charge >= 0.3 is 11.9 Å². The molecule has 14 heteroatoms. The van der Waals surface area contributed by atoms with Crippen molar-refractivity contribution in [3.8, 4) is 0 Å². The summed E-state index contributed by atoms with van der Waals surface area (Å²) in [6.45, 7) is 12.6. The van der Waals surface area contributed by atoms with Crippen LogP contribution in [0.1, 0.15) is 106 Å². The van der Waals surface area contributed by atoms with E-state index in [9.17, 15) is 50.1 Å². The van der Waals surface area contributed by atoms with Crippen LogP contribution in [0.2, 0.25) is 0 Å². The lowest BCUT2D eigenvalue weighted by Crippen LogP contribution is -2.68. The van der Waals surface area contributed by atoms with Gasteiger partial charge in [-0.1, -0.05) is 46.3 Å². The molecule has 0 aromatic heterocycles. The molecule has 2 aliphatic heterocycles. The minimum Gasteiger partial charge on any atom is -0.481 e. The second-order valence-electron chi connectivity index (χ2n) is 19.8. The largest absolute Gasteiger partial charge is 0.481 e. The predicted octanol–water partition coefficient (Wildman–Crippen LogP) is 2.79. The number of rotatable bonds is 7. The van der Waals surface area contributed by atoms with E-state index in [2.05, 4.69) is 26.8 Å². The number of aldehydes is 1. The highest BCUT2D eigenvalue weighted by Crippen LogP contribution is 2.76. The lowest BCUT2D eigenvalue weighted by Gasteiger charge is -2.72. The van der Waals surface area contributed by atoms with E-state index in [4.69, 9.17) is 18.9 Å². The van der Waals surface area contributed by atoms with Gasteiger partial charge in [0.1, 0.15) is 42.9 Å². The molecule has 14 nitrogen and oxygen atoms in total. The molecule has 0 aromatic carbocycles. The molecular weight excluding hydrogens is 716 g/mol. The highest BCUT2D eigenvalue weighted by atomic mass is 16.8. The highest BCUT2D eigenvalue weighted by molar-refractivity contribution is 5.77. The van der Waals surface area contributed by atoms with Gasteiger partial charge in [-0.05, 0) is 111 Å². The molecule has 310 valence electrons. The lowest BCUT2D eigenvalue weighted by molar-refractivity contribution is -0.365. The van der Waals surface area contributed by atoms with Crippen LogP contribution in [0.5, 0.6) is 0 Å². The van der Waals surface area contributed by atoms with Gasteiger partial charge in [0, 0.05) is 5.41 Å². The number of fused-ring (bicyclic) bond motifs is 7. The first-order valence-corrected chi connectivity index (χ1v) is 20.2. The maximum absolute atomic E-state index is 13.8. The Kier molecular flexibility index (Phi) is 10.3. The molecule has 0 amide bonds. The number of aliphatic carboxylic acids is 2. The van der Waals surface area contributed by atoms with Crippen molar-refractivity contribution >= 4 is 18.2 Å². The predicted molar refractivity (Wildman–Crippen MR) is 193 cm³/mol. The zero-order valence-electron chi connectivity index (χ0n) is 32.9. The maximum atomic E-state index is 13.8. The van der Waals surface area contributed by atoms with Crippen molar-refractivity contribution in [2.75, 3.05) is 6.61 Å². The Morgan fingerprint density at radius 3 is 2.09 bits per heavy atom. The van der Waals surface area contributed by atoms with Gasteiger partial charge in [-0.15, -0.1) is 0 Å². The molecule has 5 aliphatic carbocycles. The Hall–Kier alpha value is -2.01. The SMILES string of the molecule is CC1(C(=O)O)C=C2C3CCC4C5(C=O)CCC(OC6OC(C(=O)O)C(O)C(O)C6OC6OCC(O)C(O)C6O)C(C)(C)C5CCC4(C)C3(C)CCC2(C)CC1. The van der Waals surface area contributed by atoms with Crippen LogP contribution in [0, 0.1) is 50.2 Å². The van der Waals surface area contributed by atoms with Crippen LogP contribution in [0.15, 0.2) is 11.6 Å². The molecule has 7 rings (SSSR count). The van der Waals surface area contributed by atoms with E-state index >= 15 is 0 Å². The average molecular weight is 779 g/mol. The number of carbonyl (C=O) groups excluding carboxylic acids is 1. The van der Waals surface area contributed by atoms with Crippen molar-refractivity contribution in [3.05, 3.63) is 11.6 Å². The summed E-state index contributed by atoms with van der Waals surface area (Å²) in [5.41, 5.74) is -1.32. The quantitative estimate of drug-likeness (QED) is 0.112. The van der Waals surface area contributed by atoms with E-state index in [-0.39, 0.29) is 40.6 Å². The van der Waals surface area contributed by atoms with Gasteiger partial charge < -0.3 is 59.5 Å². The molecule has 2 saturated heterocycles. The van der Waals surface area contributed by atoms with Crippen LogP contribution in [0.4, 0.5) is 0 Å². The molecule has 55 heavy (non-hydrogen) atoms. The van der Waals surface area contributed by atoms with E-state index in [1.807, 2.05) is 20.8 Å². The lowest BCUT2D eigenvalue weighted by atomic mass is 9.32. The third kappa shape index (κ3) is 6.01. The number of allylic oxidation sites excluding steroid dienone is 1. The summed E-state index contributed by atoms with van der Waals surface area (Å²) in [6.07, 6.45) is -4.66. The second-order valence-corrected chi connectivity index (χ2v) is 19.8.